The Bertz CT molecular complexity index is 968. The summed E-state index contributed by atoms with van der Waals surface area (Å²) in [5.74, 6) is 0.956. The van der Waals surface area contributed by atoms with Gasteiger partial charge in [0.2, 0.25) is 10.0 Å². The Balaban J connectivity index is 1.27. The van der Waals surface area contributed by atoms with Crippen molar-refractivity contribution in [1.82, 2.24) is 14.6 Å². The molecule has 1 aliphatic heterocycles. The van der Waals surface area contributed by atoms with Gasteiger partial charge in [0.25, 0.3) is 0 Å². The van der Waals surface area contributed by atoms with E-state index in [1.54, 1.807) is 18.3 Å². The lowest BCUT2D eigenvalue weighted by Gasteiger charge is -2.43. The zero-order valence-corrected chi connectivity index (χ0v) is 19.8. The van der Waals surface area contributed by atoms with Crippen LogP contribution in [0.15, 0.2) is 53.7 Å². The highest BCUT2D eigenvalue weighted by Gasteiger charge is 2.31. The molecule has 1 aromatic carbocycles. The first kappa shape index (κ1) is 23.0. The average Bonchev–Trinajstić information content (AvgIpc) is 2.80. The second kappa shape index (κ2) is 10.2. The first-order valence-electron chi connectivity index (χ1n) is 11.6. The number of hydrogen-bond acceptors (Lipinski definition) is 6. The van der Waals surface area contributed by atoms with Gasteiger partial charge in [0.15, 0.2) is 0 Å². The van der Waals surface area contributed by atoms with Crippen molar-refractivity contribution in [1.29, 1.82) is 0 Å². The van der Waals surface area contributed by atoms with E-state index in [-0.39, 0.29) is 17.0 Å². The molecule has 174 valence electrons. The van der Waals surface area contributed by atoms with Crippen LogP contribution in [0.3, 0.4) is 0 Å². The molecule has 0 bridgehead atoms. The molecule has 1 saturated heterocycles. The van der Waals surface area contributed by atoms with Crippen LogP contribution >= 0.6 is 0 Å². The minimum absolute atomic E-state index is 0.00203. The maximum absolute atomic E-state index is 12.6. The Hall–Kier alpha value is -2.16. The number of para-hydroxylation sites is 2. The van der Waals surface area contributed by atoms with Crippen molar-refractivity contribution in [2.75, 3.05) is 31.1 Å². The van der Waals surface area contributed by atoms with Crippen molar-refractivity contribution in [3.63, 3.8) is 0 Å². The van der Waals surface area contributed by atoms with Crippen molar-refractivity contribution in [3.05, 3.63) is 48.8 Å². The Morgan fingerprint density at radius 3 is 2.38 bits per heavy atom. The Labute approximate surface area is 191 Å². The minimum atomic E-state index is -3.50. The summed E-state index contributed by atoms with van der Waals surface area (Å²) in [6, 6.07) is 12.1. The van der Waals surface area contributed by atoms with Crippen molar-refractivity contribution in [3.8, 4) is 5.75 Å². The van der Waals surface area contributed by atoms with Crippen LogP contribution in [-0.2, 0) is 10.0 Å². The van der Waals surface area contributed by atoms with E-state index < -0.39 is 10.0 Å². The number of nitrogens with one attached hydrogen (secondary N) is 1. The van der Waals surface area contributed by atoms with E-state index in [0.29, 0.717) is 6.04 Å². The number of nitrogens with zero attached hydrogens (tertiary/aromatic N) is 3. The summed E-state index contributed by atoms with van der Waals surface area (Å²) in [6.45, 7) is 8.11. The van der Waals surface area contributed by atoms with Gasteiger partial charge in [-0.05, 0) is 63.8 Å². The molecule has 1 saturated carbocycles. The molecule has 0 atom stereocenters. The molecule has 7 nitrogen and oxygen atoms in total. The van der Waals surface area contributed by atoms with Crippen molar-refractivity contribution in [2.24, 2.45) is 0 Å². The van der Waals surface area contributed by atoms with Gasteiger partial charge >= 0.3 is 0 Å². The van der Waals surface area contributed by atoms with Crippen LogP contribution in [0.1, 0.15) is 39.5 Å². The summed E-state index contributed by atoms with van der Waals surface area (Å²) in [7, 11) is -3.50. The van der Waals surface area contributed by atoms with E-state index >= 15 is 0 Å². The van der Waals surface area contributed by atoms with Crippen molar-refractivity contribution < 1.29 is 13.2 Å². The third kappa shape index (κ3) is 5.60. The highest BCUT2D eigenvalue weighted by Crippen LogP contribution is 2.31. The van der Waals surface area contributed by atoms with E-state index in [4.69, 9.17) is 4.74 Å². The quantitative estimate of drug-likeness (QED) is 0.686. The van der Waals surface area contributed by atoms with Gasteiger partial charge in [-0.15, -0.1) is 0 Å². The molecule has 32 heavy (non-hydrogen) atoms. The number of sulfonamides is 1. The molecule has 2 heterocycles. The number of ether oxygens (including phenoxy) is 1. The maximum atomic E-state index is 12.6. The highest BCUT2D eigenvalue weighted by atomic mass is 32.2. The van der Waals surface area contributed by atoms with Gasteiger partial charge < -0.3 is 9.64 Å². The summed E-state index contributed by atoms with van der Waals surface area (Å²) in [4.78, 5) is 9.16. The van der Waals surface area contributed by atoms with Crippen LogP contribution in [0.5, 0.6) is 5.75 Å². The average molecular weight is 459 g/mol. The summed E-state index contributed by atoms with van der Waals surface area (Å²) in [5.41, 5.74) is 1.18. The first-order chi connectivity index (χ1) is 15.4. The molecule has 1 N–H and O–H groups in total. The predicted octanol–water partition coefficient (Wildman–Crippen LogP) is 3.28. The molecule has 0 spiro atoms. The number of hydrogen-bond donors (Lipinski definition) is 1. The van der Waals surface area contributed by atoms with Crippen LogP contribution in [0, 0.1) is 0 Å². The number of benzene rings is 1. The first-order valence-corrected chi connectivity index (χ1v) is 13.1. The topological polar surface area (TPSA) is 74.8 Å². The minimum Gasteiger partial charge on any atom is -0.489 e. The molecular formula is C24H34N4O3S. The highest BCUT2D eigenvalue weighted by molar-refractivity contribution is 7.89. The van der Waals surface area contributed by atoms with Crippen LogP contribution in [0.4, 0.5) is 5.69 Å². The Kier molecular flexibility index (Phi) is 7.33. The standard InChI is InChI=1S/C24H34N4O3S/c1-19(2)31-24-8-4-3-7-23(24)28-16-14-27(15-17-28)21-11-9-20(10-12-21)26-32(29,30)22-6-5-13-25-18-22/h3-8,13,18-21,26H,9-12,14-17H2,1-2H3. The predicted molar refractivity (Wildman–Crippen MR) is 127 cm³/mol. The van der Waals surface area contributed by atoms with Crippen LogP contribution in [-0.4, -0.2) is 62.7 Å². The Morgan fingerprint density at radius 2 is 1.72 bits per heavy atom. The van der Waals surface area contributed by atoms with Crippen molar-refractivity contribution >= 4 is 15.7 Å². The third-order valence-electron chi connectivity index (χ3n) is 6.36. The molecule has 2 aliphatic rings. The molecule has 2 aromatic rings. The number of piperazine rings is 1. The maximum Gasteiger partial charge on any atom is 0.242 e. The van der Waals surface area contributed by atoms with Crippen LogP contribution in [0.25, 0.3) is 0 Å². The summed E-state index contributed by atoms with van der Waals surface area (Å²) in [5, 5.41) is 0. The van der Waals surface area contributed by atoms with E-state index in [1.807, 2.05) is 6.07 Å². The van der Waals surface area contributed by atoms with Gasteiger partial charge in [0.05, 0.1) is 11.8 Å². The molecule has 0 radical (unpaired) electrons. The number of pyridine rings is 1. The van der Waals surface area contributed by atoms with E-state index in [1.165, 1.54) is 11.9 Å². The van der Waals surface area contributed by atoms with E-state index in [2.05, 4.69) is 51.6 Å². The number of rotatable bonds is 7. The molecule has 0 unspecified atom stereocenters. The van der Waals surface area contributed by atoms with Gasteiger partial charge in [-0.25, -0.2) is 13.1 Å². The lowest BCUT2D eigenvalue weighted by atomic mass is 9.90. The summed E-state index contributed by atoms with van der Waals surface area (Å²) in [6.07, 6.45) is 6.92. The second-order valence-corrected chi connectivity index (χ2v) is 10.7. The largest absolute Gasteiger partial charge is 0.489 e. The fourth-order valence-electron chi connectivity index (χ4n) is 4.75. The van der Waals surface area contributed by atoms with Gasteiger partial charge in [0.1, 0.15) is 10.6 Å². The molecule has 8 heteroatoms. The van der Waals surface area contributed by atoms with E-state index in [0.717, 1.165) is 57.6 Å². The normalized spacial score (nSPS) is 22.8. The smallest absolute Gasteiger partial charge is 0.242 e. The molecule has 0 amide bonds. The summed E-state index contributed by atoms with van der Waals surface area (Å²) < 4.78 is 34.0. The fraction of sp³-hybridized carbons (Fsp3) is 0.542. The molecule has 1 aliphatic carbocycles. The SMILES string of the molecule is CC(C)Oc1ccccc1N1CCN(C2CCC(NS(=O)(=O)c3cccnc3)CC2)CC1. The zero-order chi connectivity index (χ0) is 22.6. The Morgan fingerprint density at radius 1 is 1.00 bits per heavy atom. The second-order valence-electron chi connectivity index (χ2n) is 8.97. The lowest BCUT2D eigenvalue weighted by molar-refractivity contribution is 0.139. The van der Waals surface area contributed by atoms with Crippen LogP contribution in [0.2, 0.25) is 0 Å². The summed E-state index contributed by atoms with van der Waals surface area (Å²) >= 11 is 0. The fourth-order valence-corrected chi connectivity index (χ4v) is 6.02. The number of anilines is 1. The van der Waals surface area contributed by atoms with Gasteiger partial charge in [0, 0.05) is 50.7 Å². The van der Waals surface area contributed by atoms with Crippen molar-refractivity contribution in [2.45, 2.75) is 62.6 Å². The van der Waals surface area contributed by atoms with Crippen LogP contribution < -0.4 is 14.4 Å². The third-order valence-corrected chi connectivity index (χ3v) is 7.87. The van der Waals surface area contributed by atoms with Gasteiger partial charge in [-0.2, -0.15) is 0 Å². The molecular weight excluding hydrogens is 424 g/mol. The van der Waals surface area contributed by atoms with E-state index in [9.17, 15) is 8.42 Å². The molecule has 1 aromatic heterocycles. The molecule has 2 fully saturated rings. The van der Waals surface area contributed by atoms with Gasteiger partial charge in [-0.1, -0.05) is 12.1 Å². The number of aromatic nitrogens is 1. The molecule has 4 rings (SSSR count). The van der Waals surface area contributed by atoms with Gasteiger partial charge in [-0.3, -0.25) is 9.88 Å². The monoisotopic (exact) mass is 458 g/mol. The lowest BCUT2D eigenvalue weighted by Crippen LogP contribution is -2.52. The zero-order valence-electron chi connectivity index (χ0n) is 19.0.